The Bertz CT molecular complexity index is 1150. The van der Waals surface area contributed by atoms with Crippen molar-refractivity contribution in [2.75, 3.05) is 14.2 Å². The van der Waals surface area contributed by atoms with Gasteiger partial charge in [-0.3, -0.25) is 9.59 Å². The van der Waals surface area contributed by atoms with E-state index in [1.807, 2.05) is 42.2 Å². The van der Waals surface area contributed by atoms with Crippen LogP contribution in [0.1, 0.15) is 44.1 Å². The lowest BCUT2D eigenvalue weighted by atomic mass is 10.1. The molecule has 2 N–H and O–H groups in total. The maximum atomic E-state index is 13.5. The summed E-state index contributed by atoms with van der Waals surface area (Å²) in [5.74, 6) is 0.774. The number of aromatic nitrogens is 1. The Morgan fingerprint density at radius 2 is 1.78 bits per heavy atom. The van der Waals surface area contributed by atoms with Gasteiger partial charge >= 0.3 is 0 Å². The highest BCUT2D eigenvalue weighted by Crippen LogP contribution is 2.37. The Kier molecular flexibility index (Phi) is 6.14. The number of nitrogens with zero attached hydrogens (tertiary/aromatic N) is 2. The van der Waals surface area contributed by atoms with Gasteiger partial charge in [-0.15, -0.1) is 11.3 Å². The van der Waals surface area contributed by atoms with Crippen LogP contribution in [0.2, 0.25) is 0 Å². The molecule has 1 aromatic heterocycles. The van der Waals surface area contributed by atoms with Crippen molar-refractivity contribution in [1.29, 1.82) is 0 Å². The van der Waals surface area contributed by atoms with Gasteiger partial charge in [-0.05, 0) is 55.7 Å². The van der Waals surface area contributed by atoms with E-state index < -0.39 is 5.91 Å². The van der Waals surface area contributed by atoms with E-state index in [0.717, 1.165) is 29.0 Å². The van der Waals surface area contributed by atoms with E-state index in [9.17, 15) is 9.59 Å². The van der Waals surface area contributed by atoms with E-state index in [2.05, 4.69) is 4.98 Å². The van der Waals surface area contributed by atoms with E-state index in [1.165, 1.54) is 11.3 Å². The number of ether oxygens (including phenoxy) is 2. The third kappa shape index (κ3) is 4.45. The molecule has 8 heteroatoms. The molecule has 0 bridgehead atoms. The predicted octanol–water partition coefficient (Wildman–Crippen LogP) is 4.04. The first-order chi connectivity index (χ1) is 15.4. The molecule has 0 aliphatic heterocycles. The van der Waals surface area contributed by atoms with E-state index in [1.54, 1.807) is 26.4 Å². The van der Waals surface area contributed by atoms with Gasteiger partial charge in [-0.1, -0.05) is 12.1 Å². The predicted molar refractivity (Wildman–Crippen MR) is 123 cm³/mol. The van der Waals surface area contributed by atoms with Gasteiger partial charge in [0.25, 0.3) is 5.91 Å². The lowest BCUT2D eigenvalue weighted by molar-refractivity contribution is 0.0733. The van der Waals surface area contributed by atoms with Crippen molar-refractivity contribution in [1.82, 2.24) is 9.88 Å². The summed E-state index contributed by atoms with van der Waals surface area (Å²) >= 11 is 1.38. The molecule has 0 unspecified atom stereocenters. The van der Waals surface area contributed by atoms with E-state index in [4.69, 9.17) is 15.2 Å². The fourth-order valence-corrected chi connectivity index (χ4v) is 4.56. The number of rotatable bonds is 8. The number of aryl methyl sites for hydroxylation is 1. The molecule has 0 radical (unpaired) electrons. The van der Waals surface area contributed by atoms with Gasteiger partial charge in [0.05, 0.1) is 19.9 Å². The second-order valence-corrected chi connectivity index (χ2v) is 8.73. The molecule has 0 spiro atoms. The van der Waals surface area contributed by atoms with Crippen LogP contribution in [0.4, 0.5) is 0 Å². The highest BCUT2D eigenvalue weighted by Gasteiger charge is 2.34. The quantitative estimate of drug-likeness (QED) is 0.558. The molecular formula is C24H25N3O4S. The molecule has 0 saturated heterocycles. The molecule has 1 saturated carbocycles. The molecule has 7 nitrogen and oxygen atoms in total. The zero-order valence-electron chi connectivity index (χ0n) is 18.3. The number of amides is 2. The van der Waals surface area contributed by atoms with Crippen LogP contribution in [0.3, 0.4) is 0 Å². The monoisotopic (exact) mass is 451 g/mol. The fourth-order valence-electron chi connectivity index (χ4n) is 3.54. The summed E-state index contributed by atoms with van der Waals surface area (Å²) < 4.78 is 10.7. The van der Waals surface area contributed by atoms with Crippen LogP contribution in [0.15, 0.2) is 42.5 Å². The van der Waals surface area contributed by atoms with Crippen LogP contribution in [-0.4, -0.2) is 42.0 Å². The number of benzene rings is 2. The molecule has 2 aromatic carbocycles. The largest absolute Gasteiger partial charge is 0.493 e. The lowest BCUT2D eigenvalue weighted by Gasteiger charge is -2.22. The number of primary amides is 1. The normalized spacial score (nSPS) is 13.0. The standard InChI is InChI=1S/C24H25N3O4S/c1-14-21(32-23(26-14)17-8-11-19(30-2)20(12-17)31-3)24(29)27(18-9-10-18)13-15-4-6-16(7-5-15)22(25)28/h4-8,11-12,18H,9-10,13H2,1-3H3,(H2,25,28). The second kappa shape index (κ2) is 9.00. The van der Waals surface area contributed by atoms with Crippen LogP contribution >= 0.6 is 11.3 Å². The van der Waals surface area contributed by atoms with Gasteiger partial charge < -0.3 is 20.1 Å². The lowest BCUT2D eigenvalue weighted by Crippen LogP contribution is -2.32. The summed E-state index contributed by atoms with van der Waals surface area (Å²) in [6.45, 7) is 2.34. The van der Waals surface area contributed by atoms with Gasteiger partial charge in [-0.2, -0.15) is 0 Å². The Hall–Kier alpha value is -3.39. The summed E-state index contributed by atoms with van der Waals surface area (Å²) in [6.07, 6.45) is 1.98. The van der Waals surface area contributed by atoms with Crippen molar-refractivity contribution >= 4 is 23.2 Å². The fraction of sp³-hybridized carbons (Fsp3) is 0.292. The zero-order chi connectivity index (χ0) is 22.8. The zero-order valence-corrected chi connectivity index (χ0v) is 19.1. The minimum atomic E-state index is -0.463. The summed E-state index contributed by atoms with van der Waals surface area (Å²) in [4.78, 5) is 32.0. The average Bonchev–Trinajstić information content (AvgIpc) is 3.57. The molecule has 32 heavy (non-hydrogen) atoms. The number of hydrogen-bond donors (Lipinski definition) is 1. The summed E-state index contributed by atoms with van der Waals surface area (Å²) in [5.41, 5.74) is 8.31. The van der Waals surface area contributed by atoms with Crippen LogP contribution in [-0.2, 0) is 6.54 Å². The number of thiazole rings is 1. The van der Waals surface area contributed by atoms with E-state index in [-0.39, 0.29) is 11.9 Å². The summed E-state index contributed by atoms with van der Waals surface area (Å²) in [6, 6.07) is 12.9. The number of hydrogen-bond acceptors (Lipinski definition) is 6. The third-order valence-corrected chi connectivity index (χ3v) is 6.66. The average molecular weight is 452 g/mol. The first-order valence-corrected chi connectivity index (χ1v) is 11.1. The van der Waals surface area contributed by atoms with Crippen molar-refractivity contribution in [3.63, 3.8) is 0 Å². The molecular weight excluding hydrogens is 426 g/mol. The Morgan fingerprint density at radius 3 is 2.38 bits per heavy atom. The summed E-state index contributed by atoms with van der Waals surface area (Å²) in [5, 5.41) is 0.758. The van der Waals surface area contributed by atoms with Crippen molar-refractivity contribution in [3.8, 4) is 22.1 Å². The number of methoxy groups -OCH3 is 2. The van der Waals surface area contributed by atoms with E-state index >= 15 is 0 Å². The minimum absolute atomic E-state index is 0.0202. The molecule has 1 aliphatic rings. The van der Waals surface area contributed by atoms with Gasteiger partial charge in [0.15, 0.2) is 11.5 Å². The molecule has 4 rings (SSSR count). The first-order valence-electron chi connectivity index (χ1n) is 10.3. The van der Waals surface area contributed by atoms with Crippen molar-refractivity contribution in [2.45, 2.75) is 32.4 Å². The highest BCUT2D eigenvalue weighted by molar-refractivity contribution is 7.17. The van der Waals surface area contributed by atoms with Crippen molar-refractivity contribution in [2.24, 2.45) is 5.73 Å². The first kappa shape index (κ1) is 21.8. The third-order valence-electron chi connectivity index (χ3n) is 5.46. The molecule has 0 atom stereocenters. The Balaban J connectivity index is 1.59. The minimum Gasteiger partial charge on any atom is -0.493 e. The highest BCUT2D eigenvalue weighted by atomic mass is 32.1. The van der Waals surface area contributed by atoms with Gasteiger partial charge in [0.2, 0.25) is 5.91 Å². The second-order valence-electron chi connectivity index (χ2n) is 7.73. The number of carbonyl (C=O) groups is 2. The van der Waals surface area contributed by atoms with Gasteiger partial charge in [0.1, 0.15) is 9.88 Å². The molecule has 1 fully saturated rings. The Morgan fingerprint density at radius 1 is 1.09 bits per heavy atom. The van der Waals surface area contributed by atoms with Gasteiger partial charge in [0, 0.05) is 23.7 Å². The molecule has 3 aromatic rings. The van der Waals surface area contributed by atoms with Crippen LogP contribution in [0, 0.1) is 6.92 Å². The van der Waals surface area contributed by atoms with E-state index in [0.29, 0.717) is 34.2 Å². The topological polar surface area (TPSA) is 94.8 Å². The molecule has 1 aliphatic carbocycles. The van der Waals surface area contributed by atoms with Gasteiger partial charge in [-0.25, -0.2) is 4.98 Å². The van der Waals surface area contributed by atoms with Crippen LogP contribution in [0.25, 0.3) is 10.6 Å². The number of carbonyl (C=O) groups excluding carboxylic acids is 2. The SMILES string of the molecule is COc1ccc(-c2nc(C)c(C(=O)N(Cc3ccc(C(N)=O)cc3)C3CC3)s2)cc1OC. The van der Waals surface area contributed by atoms with Crippen LogP contribution in [0.5, 0.6) is 11.5 Å². The maximum absolute atomic E-state index is 13.5. The maximum Gasteiger partial charge on any atom is 0.266 e. The number of nitrogens with two attached hydrogens (primary N) is 1. The molecule has 166 valence electrons. The molecule has 2 amide bonds. The van der Waals surface area contributed by atoms with Crippen molar-refractivity contribution < 1.29 is 19.1 Å². The van der Waals surface area contributed by atoms with Crippen molar-refractivity contribution in [3.05, 3.63) is 64.2 Å². The smallest absolute Gasteiger partial charge is 0.266 e. The Labute approximate surface area is 190 Å². The molecule has 1 heterocycles. The van der Waals surface area contributed by atoms with Crippen LogP contribution < -0.4 is 15.2 Å². The summed E-state index contributed by atoms with van der Waals surface area (Å²) in [7, 11) is 3.18.